The number of nitrogens with zero attached hydrogens (tertiary/aromatic N) is 1. The van der Waals surface area contributed by atoms with Gasteiger partial charge in [-0.1, -0.05) is 15.9 Å². The van der Waals surface area contributed by atoms with Crippen molar-refractivity contribution in [3.05, 3.63) is 47.3 Å². The summed E-state index contributed by atoms with van der Waals surface area (Å²) >= 11 is 3.21. The maximum atomic E-state index is 13.5. The van der Waals surface area contributed by atoms with Crippen LogP contribution in [-0.2, 0) is 5.33 Å². The van der Waals surface area contributed by atoms with Crippen LogP contribution >= 0.6 is 15.9 Å². The van der Waals surface area contributed by atoms with Crippen LogP contribution in [0.3, 0.4) is 0 Å². The molecule has 104 valence electrons. The van der Waals surface area contributed by atoms with Gasteiger partial charge in [0, 0.05) is 22.9 Å². The number of aromatic nitrogens is 2. The van der Waals surface area contributed by atoms with Gasteiger partial charge in [-0.25, -0.2) is 14.2 Å². The number of nitrogens with one attached hydrogen (secondary N) is 2. The maximum Gasteiger partial charge on any atom is 0.338 e. The zero-order valence-corrected chi connectivity index (χ0v) is 11.6. The largest absolute Gasteiger partial charge is 0.478 e. The number of hydrogen-bond donors (Lipinski definition) is 3. The van der Waals surface area contributed by atoms with Gasteiger partial charge >= 0.3 is 5.97 Å². The molecule has 0 radical (unpaired) electrons. The highest BCUT2D eigenvalue weighted by molar-refractivity contribution is 9.08. The standard InChI is InChI=1S/C12H9BrFN3O3/c13-4-7-5-15-10(16-7)11(18)17-6-1-2-8(12(19)20)9(14)3-6/h1-3,5H,4H2,(H,15,16)(H,17,18)(H,19,20). The van der Waals surface area contributed by atoms with E-state index in [1.165, 1.54) is 12.3 Å². The first kappa shape index (κ1) is 14.2. The molecule has 0 bridgehead atoms. The van der Waals surface area contributed by atoms with Crippen LogP contribution in [0.25, 0.3) is 0 Å². The van der Waals surface area contributed by atoms with Gasteiger partial charge in [-0.3, -0.25) is 4.79 Å². The lowest BCUT2D eigenvalue weighted by atomic mass is 10.2. The molecule has 8 heteroatoms. The molecule has 0 fully saturated rings. The summed E-state index contributed by atoms with van der Waals surface area (Å²) in [6.07, 6.45) is 1.50. The molecule has 2 aromatic rings. The highest BCUT2D eigenvalue weighted by Gasteiger charge is 2.14. The highest BCUT2D eigenvalue weighted by Crippen LogP contribution is 2.15. The van der Waals surface area contributed by atoms with Crippen molar-refractivity contribution < 1.29 is 19.1 Å². The lowest BCUT2D eigenvalue weighted by Gasteiger charge is -2.04. The van der Waals surface area contributed by atoms with Crippen LogP contribution in [0.2, 0.25) is 0 Å². The monoisotopic (exact) mass is 341 g/mol. The summed E-state index contributed by atoms with van der Waals surface area (Å²) in [6, 6.07) is 3.33. The van der Waals surface area contributed by atoms with Crippen molar-refractivity contribution in [3.8, 4) is 0 Å². The highest BCUT2D eigenvalue weighted by atomic mass is 79.9. The number of H-pyrrole nitrogens is 1. The first-order valence-corrected chi connectivity index (χ1v) is 6.57. The van der Waals surface area contributed by atoms with E-state index in [2.05, 4.69) is 31.2 Å². The predicted molar refractivity (Wildman–Crippen MR) is 72.5 cm³/mol. The molecular weight excluding hydrogens is 333 g/mol. The average molecular weight is 342 g/mol. The van der Waals surface area contributed by atoms with Crippen molar-refractivity contribution in [3.63, 3.8) is 0 Å². The Hall–Kier alpha value is -2.22. The average Bonchev–Trinajstić information content (AvgIpc) is 2.87. The third-order valence-electron chi connectivity index (χ3n) is 2.44. The van der Waals surface area contributed by atoms with Gasteiger partial charge < -0.3 is 15.4 Å². The van der Waals surface area contributed by atoms with E-state index in [-0.39, 0.29) is 11.5 Å². The van der Waals surface area contributed by atoms with Crippen LogP contribution in [0.5, 0.6) is 0 Å². The number of imidazole rings is 1. The van der Waals surface area contributed by atoms with Gasteiger partial charge in [0.05, 0.1) is 5.56 Å². The topological polar surface area (TPSA) is 95.1 Å². The van der Waals surface area contributed by atoms with Crippen molar-refractivity contribution in [1.29, 1.82) is 0 Å². The molecule has 0 aliphatic carbocycles. The summed E-state index contributed by atoms with van der Waals surface area (Å²) in [5.74, 6) is -2.74. The molecule has 0 atom stereocenters. The smallest absolute Gasteiger partial charge is 0.338 e. The number of carbonyl (C=O) groups is 2. The van der Waals surface area contributed by atoms with Crippen LogP contribution in [0.4, 0.5) is 10.1 Å². The number of rotatable bonds is 4. The lowest BCUT2D eigenvalue weighted by Crippen LogP contribution is -2.14. The van der Waals surface area contributed by atoms with Crippen molar-refractivity contribution in [1.82, 2.24) is 9.97 Å². The molecule has 0 aliphatic rings. The van der Waals surface area contributed by atoms with Gasteiger partial charge in [-0.15, -0.1) is 0 Å². The number of benzene rings is 1. The van der Waals surface area contributed by atoms with E-state index in [1.54, 1.807) is 0 Å². The molecule has 0 unspecified atom stereocenters. The first-order chi connectivity index (χ1) is 9.51. The van der Waals surface area contributed by atoms with Crippen molar-refractivity contribution in [2.45, 2.75) is 5.33 Å². The molecule has 1 aromatic heterocycles. The summed E-state index contributed by atoms with van der Waals surface area (Å²) in [4.78, 5) is 29.1. The van der Waals surface area contributed by atoms with E-state index in [0.717, 1.165) is 17.8 Å². The zero-order valence-electron chi connectivity index (χ0n) is 9.98. The molecule has 0 saturated carbocycles. The summed E-state index contributed by atoms with van der Waals surface area (Å²) < 4.78 is 13.5. The number of halogens is 2. The molecular formula is C12H9BrFN3O3. The van der Waals surface area contributed by atoms with E-state index in [4.69, 9.17) is 5.11 Å². The Labute approximate surface area is 121 Å². The van der Waals surface area contributed by atoms with Gasteiger partial charge in [-0.05, 0) is 18.2 Å². The summed E-state index contributed by atoms with van der Waals surface area (Å²) in [5, 5.41) is 11.6. The summed E-state index contributed by atoms with van der Waals surface area (Å²) in [6.45, 7) is 0. The fraction of sp³-hybridized carbons (Fsp3) is 0.0833. The minimum atomic E-state index is -1.37. The summed E-state index contributed by atoms with van der Waals surface area (Å²) in [7, 11) is 0. The minimum absolute atomic E-state index is 0.0853. The van der Waals surface area contributed by atoms with Crippen LogP contribution in [0, 0.1) is 5.82 Å². The maximum absolute atomic E-state index is 13.5. The second kappa shape index (κ2) is 5.83. The predicted octanol–water partition coefficient (Wildman–Crippen LogP) is 2.39. The van der Waals surface area contributed by atoms with Crippen LogP contribution in [0.1, 0.15) is 26.7 Å². The number of alkyl halides is 1. The molecule has 1 heterocycles. The van der Waals surface area contributed by atoms with Gasteiger partial charge in [0.2, 0.25) is 0 Å². The normalized spacial score (nSPS) is 10.3. The number of aromatic carboxylic acids is 1. The van der Waals surface area contributed by atoms with Gasteiger partial charge in [0.1, 0.15) is 5.82 Å². The number of carbonyl (C=O) groups excluding carboxylic acids is 1. The Morgan fingerprint density at radius 3 is 2.75 bits per heavy atom. The Balaban J connectivity index is 2.15. The van der Waals surface area contributed by atoms with Gasteiger partial charge in [0.25, 0.3) is 5.91 Å². The lowest BCUT2D eigenvalue weighted by molar-refractivity contribution is 0.0692. The molecule has 6 nitrogen and oxygen atoms in total. The molecule has 20 heavy (non-hydrogen) atoms. The van der Waals surface area contributed by atoms with E-state index < -0.39 is 23.3 Å². The third kappa shape index (κ3) is 3.02. The van der Waals surface area contributed by atoms with E-state index >= 15 is 0 Å². The van der Waals surface area contributed by atoms with E-state index in [1.807, 2.05) is 0 Å². The second-order valence-corrected chi connectivity index (χ2v) is 4.41. The van der Waals surface area contributed by atoms with E-state index in [9.17, 15) is 14.0 Å². The first-order valence-electron chi connectivity index (χ1n) is 5.45. The number of hydrogen-bond acceptors (Lipinski definition) is 3. The zero-order chi connectivity index (χ0) is 14.7. The molecule has 2 rings (SSSR count). The Kier molecular flexibility index (Phi) is 4.14. The number of carboxylic acid groups (broad SMARTS) is 1. The molecule has 1 aromatic carbocycles. The number of carboxylic acids is 1. The minimum Gasteiger partial charge on any atom is -0.478 e. The van der Waals surface area contributed by atoms with Gasteiger partial charge in [0.15, 0.2) is 5.82 Å². The second-order valence-electron chi connectivity index (χ2n) is 3.84. The molecule has 1 amide bonds. The Morgan fingerprint density at radius 2 is 2.20 bits per heavy atom. The van der Waals surface area contributed by atoms with Crippen molar-refractivity contribution >= 4 is 33.5 Å². The summed E-state index contributed by atoms with van der Waals surface area (Å²) in [5.41, 5.74) is 0.416. The van der Waals surface area contributed by atoms with E-state index in [0.29, 0.717) is 5.33 Å². The number of aromatic amines is 1. The fourth-order valence-electron chi connectivity index (χ4n) is 1.50. The third-order valence-corrected chi connectivity index (χ3v) is 3.05. The Bertz CT molecular complexity index is 672. The fourth-order valence-corrected chi connectivity index (χ4v) is 1.78. The molecule has 3 N–H and O–H groups in total. The Morgan fingerprint density at radius 1 is 1.45 bits per heavy atom. The van der Waals surface area contributed by atoms with Crippen molar-refractivity contribution in [2.75, 3.05) is 5.32 Å². The number of anilines is 1. The molecule has 0 saturated heterocycles. The van der Waals surface area contributed by atoms with Crippen LogP contribution < -0.4 is 5.32 Å². The van der Waals surface area contributed by atoms with Crippen LogP contribution in [0.15, 0.2) is 24.4 Å². The molecule has 0 aliphatic heterocycles. The van der Waals surface area contributed by atoms with Crippen LogP contribution in [-0.4, -0.2) is 27.0 Å². The molecule has 0 spiro atoms. The number of amides is 1. The quantitative estimate of drug-likeness (QED) is 0.744. The SMILES string of the molecule is O=C(Nc1ccc(C(=O)O)c(F)c1)c1ncc(CBr)[nH]1. The van der Waals surface area contributed by atoms with Gasteiger partial charge in [-0.2, -0.15) is 0 Å². The van der Waals surface area contributed by atoms with Crippen molar-refractivity contribution in [2.24, 2.45) is 0 Å².